The highest BCUT2D eigenvalue weighted by atomic mass is 16.5. The van der Waals surface area contributed by atoms with Crippen molar-refractivity contribution in [3.05, 3.63) is 0 Å². The summed E-state index contributed by atoms with van der Waals surface area (Å²) in [6.45, 7) is 6.00. The Labute approximate surface area is 98.8 Å². The number of likely N-dealkylation sites (tertiary alicyclic amines) is 1. The van der Waals surface area contributed by atoms with Crippen molar-refractivity contribution in [1.82, 2.24) is 4.90 Å². The van der Waals surface area contributed by atoms with E-state index in [4.69, 9.17) is 9.84 Å². The second kappa shape index (κ2) is 6.58. The predicted octanol–water partition coefficient (Wildman–Crippen LogP) is 1.51. The van der Waals surface area contributed by atoms with Crippen molar-refractivity contribution >= 4 is 0 Å². The molecule has 2 heterocycles. The van der Waals surface area contributed by atoms with Crippen molar-refractivity contribution in [2.24, 2.45) is 11.8 Å². The first-order chi connectivity index (χ1) is 7.88. The number of piperidine rings is 1. The third-order valence-electron chi connectivity index (χ3n) is 4.00. The first-order valence-corrected chi connectivity index (χ1v) is 6.79. The molecule has 0 aromatic carbocycles. The van der Waals surface area contributed by atoms with Crippen LogP contribution in [0.4, 0.5) is 0 Å². The van der Waals surface area contributed by atoms with Gasteiger partial charge in [0.2, 0.25) is 0 Å². The fourth-order valence-electron chi connectivity index (χ4n) is 3.03. The van der Waals surface area contributed by atoms with Crippen molar-refractivity contribution in [3.63, 3.8) is 0 Å². The summed E-state index contributed by atoms with van der Waals surface area (Å²) in [7, 11) is 0. The lowest BCUT2D eigenvalue weighted by Gasteiger charge is -2.35. The molecule has 0 aromatic heterocycles. The van der Waals surface area contributed by atoms with Gasteiger partial charge in [-0.15, -0.1) is 0 Å². The fraction of sp³-hybridized carbons (Fsp3) is 1.00. The Morgan fingerprint density at radius 1 is 1.12 bits per heavy atom. The molecule has 2 aliphatic rings. The largest absolute Gasteiger partial charge is 0.396 e. The second-order valence-corrected chi connectivity index (χ2v) is 5.34. The Bertz CT molecular complexity index is 190. The maximum atomic E-state index is 8.99. The number of ether oxygens (including phenoxy) is 1. The molecule has 0 bridgehead atoms. The highest BCUT2D eigenvalue weighted by molar-refractivity contribution is 4.76. The Morgan fingerprint density at radius 3 is 2.69 bits per heavy atom. The van der Waals surface area contributed by atoms with Gasteiger partial charge in [0.05, 0.1) is 0 Å². The molecule has 0 radical (unpaired) electrons. The van der Waals surface area contributed by atoms with Gasteiger partial charge in [-0.1, -0.05) is 0 Å². The molecule has 1 atom stereocenters. The van der Waals surface area contributed by atoms with Gasteiger partial charge < -0.3 is 14.7 Å². The number of rotatable bonds is 4. The minimum atomic E-state index is 0.357. The third kappa shape index (κ3) is 3.72. The van der Waals surface area contributed by atoms with Crippen molar-refractivity contribution in [2.75, 3.05) is 39.5 Å². The number of nitrogens with zero attached hydrogens (tertiary/aromatic N) is 1. The normalized spacial score (nSPS) is 29.4. The highest BCUT2D eigenvalue weighted by Gasteiger charge is 2.23. The summed E-state index contributed by atoms with van der Waals surface area (Å²) in [5.74, 6) is 1.58. The first-order valence-electron chi connectivity index (χ1n) is 6.79. The quantitative estimate of drug-likeness (QED) is 0.790. The zero-order chi connectivity index (χ0) is 11.2. The number of hydrogen-bond donors (Lipinski definition) is 1. The molecule has 3 nitrogen and oxygen atoms in total. The molecule has 0 saturated carbocycles. The molecular weight excluding hydrogens is 202 g/mol. The molecule has 2 rings (SSSR count). The van der Waals surface area contributed by atoms with Crippen molar-refractivity contribution in [3.8, 4) is 0 Å². The van der Waals surface area contributed by atoms with Crippen LogP contribution in [-0.4, -0.2) is 49.5 Å². The lowest BCUT2D eigenvalue weighted by Crippen LogP contribution is -2.40. The van der Waals surface area contributed by atoms with Gasteiger partial charge >= 0.3 is 0 Å². The molecule has 1 unspecified atom stereocenters. The Hall–Kier alpha value is -0.120. The second-order valence-electron chi connectivity index (χ2n) is 5.34. The monoisotopic (exact) mass is 227 g/mol. The fourth-order valence-corrected chi connectivity index (χ4v) is 3.03. The summed E-state index contributed by atoms with van der Waals surface area (Å²) in [6, 6.07) is 0. The average molecular weight is 227 g/mol. The van der Waals surface area contributed by atoms with Gasteiger partial charge in [-0.25, -0.2) is 0 Å². The van der Waals surface area contributed by atoms with E-state index in [2.05, 4.69) is 4.90 Å². The van der Waals surface area contributed by atoms with E-state index in [-0.39, 0.29) is 0 Å². The summed E-state index contributed by atoms with van der Waals surface area (Å²) in [4.78, 5) is 2.61. The average Bonchev–Trinajstić information content (AvgIpc) is 2.31. The van der Waals surface area contributed by atoms with Crippen LogP contribution in [0.25, 0.3) is 0 Å². The van der Waals surface area contributed by atoms with Gasteiger partial charge in [0, 0.05) is 32.9 Å². The molecule has 2 aliphatic heterocycles. The van der Waals surface area contributed by atoms with E-state index in [1.54, 1.807) is 0 Å². The predicted molar refractivity (Wildman–Crippen MR) is 64.4 cm³/mol. The van der Waals surface area contributed by atoms with Crippen LogP contribution >= 0.6 is 0 Å². The summed E-state index contributed by atoms with van der Waals surface area (Å²) >= 11 is 0. The number of hydrogen-bond acceptors (Lipinski definition) is 3. The molecule has 2 saturated heterocycles. The first kappa shape index (κ1) is 12.3. The van der Waals surface area contributed by atoms with E-state index in [0.29, 0.717) is 6.61 Å². The molecule has 94 valence electrons. The molecule has 0 spiro atoms. The maximum absolute atomic E-state index is 8.99. The van der Waals surface area contributed by atoms with Crippen LogP contribution < -0.4 is 0 Å². The maximum Gasteiger partial charge on any atom is 0.0469 e. The van der Waals surface area contributed by atoms with Gasteiger partial charge in [0.15, 0.2) is 0 Å². The topological polar surface area (TPSA) is 32.7 Å². The third-order valence-corrected chi connectivity index (χ3v) is 4.00. The van der Waals surface area contributed by atoms with Gasteiger partial charge in [0.1, 0.15) is 0 Å². The van der Waals surface area contributed by atoms with Crippen LogP contribution in [0.2, 0.25) is 0 Å². The molecular formula is C13H25NO2. The van der Waals surface area contributed by atoms with Crippen LogP contribution in [0.3, 0.4) is 0 Å². The molecule has 1 N–H and O–H groups in total. The Morgan fingerprint density at radius 2 is 1.94 bits per heavy atom. The summed E-state index contributed by atoms with van der Waals surface area (Å²) < 4.78 is 5.40. The molecule has 3 heteroatoms. The van der Waals surface area contributed by atoms with Crippen LogP contribution in [0.15, 0.2) is 0 Å². The van der Waals surface area contributed by atoms with E-state index >= 15 is 0 Å². The molecule has 0 amide bonds. The van der Waals surface area contributed by atoms with Crippen molar-refractivity contribution in [2.45, 2.75) is 32.1 Å². The summed E-state index contributed by atoms with van der Waals surface area (Å²) in [5, 5.41) is 8.99. The lowest BCUT2D eigenvalue weighted by atomic mass is 9.93. The van der Waals surface area contributed by atoms with Crippen LogP contribution in [0.1, 0.15) is 32.1 Å². The standard InChI is InChI=1S/C13H25NO2/c15-7-3-12-2-1-6-14(10-12)11-13-4-8-16-9-5-13/h12-13,15H,1-11H2. The van der Waals surface area contributed by atoms with E-state index in [0.717, 1.165) is 31.5 Å². The van der Waals surface area contributed by atoms with Crippen LogP contribution in [-0.2, 0) is 4.74 Å². The smallest absolute Gasteiger partial charge is 0.0469 e. The van der Waals surface area contributed by atoms with Gasteiger partial charge in [0.25, 0.3) is 0 Å². The van der Waals surface area contributed by atoms with E-state index in [9.17, 15) is 0 Å². The Kier molecular flexibility index (Phi) is 5.07. The number of aliphatic hydroxyl groups excluding tert-OH is 1. The molecule has 2 fully saturated rings. The lowest BCUT2D eigenvalue weighted by molar-refractivity contribution is 0.0437. The summed E-state index contributed by atoms with van der Waals surface area (Å²) in [5.41, 5.74) is 0. The molecule has 0 aliphatic carbocycles. The van der Waals surface area contributed by atoms with E-state index in [1.807, 2.05) is 0 Å². The van der Waals surface area contributed by atoms with E-state index < -0.39 is 0 Å². The van der Waals surface area contributed by atoms with Crippen LogP contribution in [0, 0.1) is 11.8 Å². The summed E-state index contributed by atoms with van der Waals surface area (Å²) in [6.07, 6.45) is 6.09. The van der Waals surface area contributed by atoms with Gasteiger partial charge in [-0.05, 0) is 50.5 Å². The minimum absolute atomic E-state index is 0.357. The molecule has 0 aromatic rings. The minimum Gasteiger partial charge on any atom is -0.396 e. The van der Waals surface area contributed by atoms with Crippen molar-refractivity contribution < 1.29 is 9.84 Å². The Balaban J connectivity index is 1.71. The van der Waals surface area contributed by atoms with Crippen molar-refractivity contribution in [1.29, 1.82) is 0 Å². The van der Waals surface area contributed by atoms with E-state index in [1.165, 1.54) is 45.3 Å². The van der Waals surface area contributed by atoms with Gasteiger partial charge in [-0.2, -0.15) is 0 Å². The van der Waals surface area contributed by atoms with Gasteiger partial charge in [-0.3, -0.25) is 0 Å². The van der Waals surface area contributed by atoms with Crippen LogP contribution in [0.5, 0.6) is 0 Å². The SMILES string of the molecule is OCCC1CCCN(CC2CCOCC2)C1. The zero-order valence-corrected chi connectivity index (χ0v) is 10.2. The number of aliphatic hydroxyl groups is 1. The highest BCUT2D eigenvalue weighted by Crippen LogP contribution is 2.22. The molecule has 16 heavy (non-hydrogen) atoms. The zero-order valence-electron chi connectivity index (χ0n) is 10.2.